The summed E-state index contributed by atoms with van der Waals surface area (Å²) in [6.45, 7) is 0.198. The SMILES string of the molecule is O=C(Nc1ccc2c(c1)OCO2)c1sc(-c2ccsc2)nc1-c1ccccc1. The van der Waals surface area contributed by atoms with E-state index in [1.54, 1.807) is 29.5 Å². The Morgan fingerprint density at radius 2 is 1.86 bits per heavy atom. The minimum atomic E-state index is -0.198. The molecule has 0 fully saturated rings. The molecule has 28 heavy (non-hydrogen) atoms. The van der Waals surface area contributed by atoms with E-state index in [9.17, 15) is 4.79 Å². The molecule has 0 spiro atoms. The number of amides is 1. The van der Waals surface area contributed by atoms with Crippen LogP contribution in [0.3, 0.4) is 0 Å². The minimum Gasteiger partial charge on any atom is -0.454 e. The molecule has 0 saturated carbocycles. The molecule has 0 atom stereocenters. The summed E-state index contributed by atoms with van der Waals surface area (Å²) < 4.78 is 10.7. The van der Waals surface area contributed by atoms with E-state index in [1.807, 2.05) is 47.2 Å². The predicted molar refractivity (Wildman–Crippen MR) is 111 cm³/mol. The van der Waals surface area contributed by atoms with Crippen molar-refractivity contribution in [3.63, 3.8) is 0 Å². The van der Waals surface area contributed by atoms with E-state index in [2.05, 4.69) is 5.32 Å². The van der Waals surface area contributed by atoms with Crippen molar-refractivity contribution in [3.8, 4) is 33.3 Å². The van der Waals surface area contributed by atoms with Gasteiger partial charge in [0, 0.05) is 28.3 Å². The smallest absolute Gasteiger partial charge is 0.268 e. The fourth-order valence-corrected chi connectivity index (χ4v) is 4.63. The summed E-state index contributed by atoms with van der Waals surface area (Å²) in [7, 11) is 0. The van der Waals surface area contributed by atoms with Gasteiger partial charge in [-0.3, -0.25) is 4.79 Å². The Bertz CT molecular complexity index is 1140. The first-order valence-corrected chi connectivity index (χ1v) is 10.3. The lowest BCUT2D eigenvalue weighted by Gasteiger charge is -2.06. The van der Waals surface area contributed by atoms with Crippen LogP contribution in [-0.2, 0) is 0 Å². The van der Waals surface area contributed by atoms with Crippen LogP contribution in [0.2, 0.25) is 0 Å². The summed E-state index contributed by atoms with van der Waals surface area (Å²) in [6, 6.07) is 17.1. The zero-order valence-corrected chi connectivity index (χ0v) is 16.2. The number of anilines is 1. The summed E-state index contributed by atoms with van der Waals surface area (Å²) in [5.74, 6) is 1.11. The van der Waals surface area contributed by atoms with Gasteiger partial charge >= 0.3 is 0 Å². The van der Waals surface area contributed by atoms with Crippen molar-refractivity contribution < 1.29 is 14.3 Å². The highest BCUT2D eigenvalue weighted by Crippen LogP contribution is 2.37. The minimum absolute atomic E-state index is 0.198. The Balaban J connectivity index is 1.51. The molecule has 0 aliphatic carbocycles. The standard InChI is InChI=1S/C21H14N2O3S2/c24-20(22-15-6-7-16-17(10-15)26-12-25-16)19-18(13-4-2-1-3-5-13)23-21(28-19)14-8-9-27-11-14/h1-11H,12H2,(H,22,24). The molecule has 0 bridgehead atoms. The van der Waals surface area contributed by atoms with Crippen molar-refractivity contribution >= 4 is 34.3 Å². The number of hydrogen-bond acceptors (Lipinski definition) is 6. The number of hydrogen-bond donors (Lipinski definition) is 1. The lowest BCUT2D eigenvalue weighted by atomic mass is 10.1. The third kappa shape index (κ3) is 3.15. The van der Waals surface area contributed by atoms with Crippen LogP contribution in [0, 0.1) is 0 Å². The highest BCUT2D eigenvalue weighted by molar-refractivity contribution is 7.18. The van der Waals surface area contributed by atoms with Gasteiger partial charge in [-0.1, -0.05) is 30.3 Å². The van der Waals surface area contributed by atoms with Crippen molar-refractivity contribution in [1.29, 1.82) is 0 Å². The van der Waals surface area contributed by atoms with Crippen molar-refractivity contribution in [1.82, 2.24) is 4.98 Å². The molecular formula is C21H14N2O3S2. The highest BCUT2D eigenvalue weighted by atomic mass is 32.1. The topological polar surface area (TPSA) is 60.5 Å². The van der Waals surface area contributed by atoms with E-state index in [0.717, 1.165) is 16.1 Å². The van der Waals surface area contributed by atoms with Gasteiger partial charge in [0.05, 0.1) is 5.69 Å². The van der Waals surface area contributed by atoms with E-state index in [-0.39, 0.29) is 12.7 Å². The van der Waals surface area contributed by atoms with E-state index in [1.165, 1.54) is 11.3 Å². The Morgan fingerprint density at radius 1 is 1.00 bits per heavy atom. The summed E-state index contributed by atoms with van der Waals surface area (Å²) >= 11 is 3.00. The van der Waals surface area contributed by atoms with Crippen LogP contribution >= 0.6 is 22.7 Å². The summed E-state index contributed by atoms with van der Waals surface area (Å²) in [6.07, 6.45) is 0. The van der Waals surface area contributed by atoms with Gasteiger partial charge in [-0.15, -0.1) is 11.3 Å². The maximum atomic E-state index is 13.1. The molecule has 138 valence electrons. The molecule has 1 N–H and O–H groups in total. The van der Waals surface area contributed by atoms with Crippen molar-refractivity contribution in [2.45, 2.75) is 0 Å². The number of fused-ring (bicyclic) bond motifs is 1. The van der Waals surface area contributed by atoms with Crippen LogP contribution in [-0.4, -0.2) is 17.7 Å². The van der Waals surface area contributed by atoms with E-state index >= 15 is 0 Å². The fraction of sp³-hybridized carbons (Fsp3) is 0.0476. The number of thiazole rings is 1. The van der Waals surface area contributed by atoms with Gasteiger partial charge < -0.3 is 14.8 Å². The molecule has 5 nitrogen and oxygen atoms in total. The number of rotatable bonds is 4. The van der Waals surface area contributed by atoms with Crippen LogP contribution in [0.5, 0.6) is 11.5 Å². The molecule has 2 aromatic carbocycles. The second-order valence-electron chi connectivity index (χ2n) is 6.10. The monoisotopic (exact) mass is 406 g/mol. The number of ether oxygens (including phenoxy) is 2. The third-order valence-corrected chi connectivity index (χ3v) is 6.07. The zero-order valence-electron chi connectivity index (χ0n) is 14.5. The number of carbonyl (C=O) groups excluding carboxylic acids is 1. The van der Waals surface area contributed by atoms with Crippen molar-refractivity contribution in [3.05, 3.63) is 70.2 Å². The molecule has 0 saturated heterocycles. The lowest BCUT2D eigenvalue weighted by molar-refractivity contribution is 0.103. The van der Waals surface area contributed by atoms with Gasteiger partial charge in [0.1, 0.15) is 9.88 Å². The zero-order chi connectivity index (χ0) is 18.9. The maximum Gasteiger partial charge on any atom is 0.268 e. The third-order valence-electron chi connectivity index (χ3n) is 4.28. The summed E-state index contributed by atoms with van der Waals surface area (Å²) in [5.41, 5.74) is 3.27. The van der Waals surface area contributed by atoms with Crippen LogP contribution in [0.15, 0.2) is 65.4 Å². The molecule has 3 heterocycles. The van der Waals surface area contributed by atoms with Crippen molar-refractivity contribution in [2.24, 2.45) is 0 Å². The van der Waals surface area contributed by atoms with Gasteiger partial charge in [-0.05, 0) is 23.6 Å². The Hall–Kier alpha value is -3.16. The molecule has 5 rings (SSSR count). The molecule has 4 aromatic rings. The molecule has 1 aliphatic rings. The van der Waals surface area contributed by atoms with Gasteiger partial charge in [0.15, 0.2) is 11.5 Å². The van der Waals surface area contributed by atoms with Crippen LogP contribution in [0.25, 0.3) is 21.8 Å². The first-order valence-electron chi connectivity index (χ1n) is 8.58. The average Bonchev–Trinajstić information content (AvgIpc) is 3.47. The van der Waals surface area contributed by atoms with Gasteiger partial charge in [-0.2, -0.15) is 11.3 Å². The van der Waals surface area contributed by atoms with E-state index in [4.69, 9.17) is 14.5 Å². The molecule has 0 radical (unpaired) electrons. The maximum absolute atomic E-state index is 13.1. The molecule has 2 aromatic heterocycles. The Labute approximate surface area is 169 Å². The first-order chi connectivity index (χ1) is 13.8. The summed E-state index contributed by atoms with van der Waals surface area (Å²) in [5, 5.41) is 7.82. The Kier molecular flexibility index (Phi) is 4.31. The fourth-order valence-electron chi connectivity index (χ4n) is 2.94. The number of nitrogens with zero attached hydrogens (tertiary/aromatic N) is 1. The number of carbonyl (C=O) groups is 1. The quantitative estimate of drug-likeness (QED) is 0.485. The van der Waals surface area contributed by atoms with E-state index < -0.39 is 0 Å². The van der Waals surface area contributed by atoms with Crippen LogP contribution in [0.4, 0.5) is 5.69 Å². The lowest BCUT2D eigenvalue weighted by Crippen LogP contribution is -2.11. The average molecular weight is 406 g/mol. The highest BCUT2D eigenvalue weighted by Gasteiger charge is 2.21. The second-order valence-corrected chi connectivity index (χ2v) is 7.88. The first kappa shape index (κ1) is 17.0. The Morgan fingerprint density at radius 3 is 2.68 bits per heavy atom. The molecule has 7 heteroatoms. The number of thiophene rings is 1. The van der Waals surface area contributed by atoms with Crippen LogP contribution in [0.1, 0.15) is 9.67 Å². The van der Waals surface area contributed by atoms with Gasteiger partial charge in [-0.25, -0.2) is 4.98 Å². The normalized spacial score (nSPS) is 12.1. The summed E-state index contributed by atoms with van der Waals surface area (Å²) in [4.78, 5) is 18.4. The van der Waals surface area contributed by atoms with Crippen molar-refractivity contribution in [2.75, 3.05) is 12.1 Å². The number of nitrogens with one attached hydrogen (secondary N) is 1. The predicted octanol–water partition coefficient (Wildman–Crippen LogP) is 5.52. The molecule has 0 unspecified atom stereocenters. The van der Waals surface area contributed by atoms with E-state index in [0.29, 0.717) is 27.8 Å². The molecule has 1 amide bonds. The van der Waals surface area contributed by atoms with Crippen LogP contribution < -0.4 is 14.8 Å². The molecular weight excluding hydrogens is 392 g/mol. The molecule has 1 aliphatic heterocycles. The van der Waals surface area contributed by atoms with Gasteiger partial charge in [0.2, 0.25) is 6.79 Å². The van der Waals surface area contributed by atoms with Gasteiger partial charge in [0.25, 0.3) is 5.91 Å². The second kappa shape index (κ2) is 7.10. The largest absolute Gasteiger partial charge is 0.454 e. The number of aromatic nitrogens is 1. The number of benzene rings is 2.